The summed E-state index contributed by atoms with van der Waals surface area (Å²) in [4.78, 5) is 1.08. The zero-order valence-electron chi connectivity index (χ0n) is 11.4. The molecule has 0 radical (unpaired) electrons. The van der Waals surface area contributed by atoms with Gasteiger partial charge in [0.05, 0.1) is 0 Å². The van der Waals surface area contributed by atoms with Gasteiger partial charge in [-0.15, -0.1) is 11.3 Å². The Balaban J connectivity index is 1.76. The predicted molar refractivity (Wildman–Crippen MR) is 81.5 cm³/mol. The fourth-order valence-corrected chi connectivity index (χ4v) is 5.13. The van der Waals surface area contributed by atoms with Crippen LogP contribution in [0.5, 0.6) is 0 Å². The van der Waals surface area contributed by atoms with Crippen LogP contribution in [-0.2, 0) is 10.0 Å². The van der Waals surface area contributed by atoms with Crippen LogP contribution >= 0.6 is 11.3 Å². The molecule has 1 saturated heterocycles. The highest BCUT2D eigenvalue weighted by Crippen LogP contribution is 2.33. The van der Waals surface area contributed by atoms with Gasteiger partial charge in [-0.3, -0.25) is 0 Å². The molecule has 0 amide bonds. The van der Waals surface area contributed by atoms with Crippen LogP contribution in [0.2, 0.25) is 0 Å². The second-order valence-electron chi connectivity index (χ2n) is 5.12. The Bertz CT molecular complexity index is 705. The van der Waals surface area contributed by atoms with Gasteiger partial charge in [0.15, 0.2) is 0 Å². The normalized spacial score (nSPS) is 18.0. The Kier molecular flexibility index (Phi) is 4.10. The predicted octanol–water partition coefficient (Wildman–Crippen LogP) is 3.46. The lowest BCUT2D eigenvalue weighted by molar-refractivity contribution is 0.320. The number of halogens is 1. The van der Waals surface area contributed by atoms with Crippen molar-refractivity contribution >= 4 is 21.4 Å². The van der Waals surface area contributed by atoms with Crippen LogP contribution in [-0.4, -0.2) is 25.8 Å². The van der Waals surface area contributed by atoms with Gasteiger partial charge in [0.1, 0.15) is 10.7 Å². The van der Waals surface area contributed by atoms with E-state index in [1.165, 1.54) is 27.4 Å². The topological polar surface area (TPSA) is 37.4 Å². The van der Waals surface area contributed by atoms with E-state index in [1.54, 1.807) is 17.4 Å². The molecule has 1 fully saturated rings. The van der Waals surface area contributed by atoms with Crippen LogP contribution in [0.3, 0.4) is 0 Å². The average Bonchev–Trinajstić information content (AvgIpc) is 3.02. The number of rotatable bonds is 3. The number of piperidine rings is 1. The Morgan fingerprint density at radius 1 is 1.10 bits per heavy atom. The fourth-order valence-electron chi connectivity index (χ4n) is 2.70. The summed E-state index contributed by atoms with van der Waals surface area (Å²) in [6.07, 6.45) is 1.57. The zero-order valence-corrected chi connectivity index (χ0v) is 13.0. The first-order valence-corrected chi connectivity index (χ1v) is 9.19. The smallest absolute Gasteiger partial charge is 0.207 e. The largest absolute Gasteiger partial charge is 0.245 e. The monoisotopic (exact) mass is 325 g/mol. The van der Waals surface area contributed by atoms with Gasteiger partial charge in [-0.25, -0.2) is 12.8 Å². The molecule has 0 N–H and O–H groups in total. The molecule has 1 aromatic heterocycles. The highest BCUT2D eigenvalue weighted by atomic mass is 32.2. The lowest BCUT2D eigenvalue weighted by Gasteiger charge is -2.30. The molecule has 0 saturated carbocycles. The summed E-state index contributed by atoms with van der Waals surface area (Å²) >= 11 is 1.71. The van der Waals surface area contributed by atoms with Crippen LogP contribution < -0.4 is 0 Å². The van der Waals surface area contributed by atoms with Gasteiger partial charge in [0.2, 0.25) is 10.0 Å². The molecule has 1 aliphatic heterocycles. The quantitative estimate of drug-likeness (QED) is 0.867. The molecule has 21 heavy (non-hydrogen) atoms. The van der Waals surface area contributed by atoms with Crippen LogP contribution in [0.15, 0.2) is 46.7 Å². The maximum atomic E-state index is 13.7. The van der Waals surface area contributed by atoms with Gasteiger partial charge >= 0.3 is 0 Å². The van der Waals surface area contributed by atoms with Crippen molar-refractivity contribution in [3.63, 3.8) is 0 Å². The van der Waals surface area contributed by atoms with Crippen molar-refractivity contribution in [1.29, 1.82) is 0 Å². The molecule has 6 heteroatoms. The molecule has 1 aliphatic rings. The molecule has 112 valence electrons. The van der Waals surface area contributed by atoms with E-state index in [2.05, 4.69) is 6.07 Å². The van der Waals surface area contributed by atoms with Crippen molar-refractivity contribution < 1.29 is 12.8 Å². The Morgan fingerprint density at radius 3 is 2.43 bits per heavy atom. The molecule has 0 spiro atoms. The molecule has 3 nitrogen and oxygen atoms in total. The van der Waals surface area contributed by atoms with E-state index in [-0.39, 0.29) is 4.90 Å². The summed E-state index contributed by atoms with van der Waals surface area (Å²) in [7, 11) is -3.72. The van der Waals surface area contributed by atoms with Crippen molar-refractivity contribution in [2.24, 2.45) is 0 Å². The van der Waals surface area contributed by atoms with Crippen molar-refractivity contribution in [1.82, 2.24) is 4.31 Å². The van der Waals surface area contributed by atoms with Crippen LogP contribution in [0, 0.1) is 5.82 Å². The van der Waals surface area contributed by atoms with Crippen LogP contribution in [0.1, 0.15) is 23.6 Å². The molecule has 0 bridgehead atoms. The molecular formula is C15H16FNO2S2. The van der Waals surface area contributed by atoms with Gasteiger partial charge < -0.3 is 0 Å². The molecule has 2 aromatic rings. The molecule has 0 aliphatic carbocycles. The SMILES string of the molecule is O=S(=O)(c1ccccc1F)N1CCC(c2cccs2)CC1. The van der Waals surface area contributed by atoms with Crippen LogP contribution in [0.25, 0.3) is 0 Å². The molecule has 0 unspecified atom stereocenters. The van der Waals surface area contributed by atoms with Crippen molar-refractivity contribution in [2.45, 2.75) is 23.7 Å². The summed E-state index contributed by atoms with van der Waals surface area (Å²) in [5.41, 5.74) is 0. The molecule has 0 atom stereocenters. The van der Waals surface area contributed by atoms with E-state index >= 15 is 0 Å². The minimum absolute atomic E-state index is 0.223. The van der Waals surface area contributed by atoms with Gasteiger partial charge in [-0.2, -0.15) is 4.31 Å². The lowest BCUT2D eigenvalue weighted by Crippen LogP contribution is -2.38. The minimum atomic E-state index is -3.72. The van der Waals surface area contributed by atoms with Gasteiger partial charge in [-0.1, -0.05) is 18.2 Å². The summed E-state index contributed by atoms with van der Waals surface area (Å²) in [6.45, 7) is 0.887. The number of sulfonamides is 1. The van der Waals surface area contributed by atoms with E-state index in [1.807, 2.05) is 11.4 Å². The van der Waals surface area contributed by atoms with E-state index in [4.69, 9.17) is 0 Å². The Hall–Kier alpha value is -1.24. The standard InChI is InChI=1S/C15H16FNO2S2/c16-13-4-1-2-6-15(13)21(18,19)17-9-7-12(8-10-17)14-5-3-11-20-14/h1-6,11-12H,7-10H2. The molecular weight excluding hydrogens is 309 g/mol. The maximum absolute atomic E-state index is 13.7. The first-order valence-electron chi connectivity index (χ1n) is 6.87. The number of nitrogens with zero attached hydrogens (tertiary/aromatic N) is 1. The highest BCUT2D eigenvalue weighted by Gasteiger charge is 2.31. The highest BCUT2D eigenvalue weighted by molar-refractivity contribution is 7.89. The van der Waals surface area contributed by atoms with E-state index < -0.39 is 15.8 Å². The first kappa shape index (κ1) is 14.7. The molecule has 1 aromatic carbocycles. The van der Waals surface area contributed by atoms with E-state index in [0.717, 1.165) is 12.8 Å². The van der Waals surface area contributed by atoms with Crippen molar-refractivity contribution in [3.05, 3.63) is 52.5 Å². The molecule has 3 rings (SSSR count). The summed E-state index contributed by atoms with van der Waals surface area (Å²) in [6, 6.07) is 9.67. The van der Waals surface area contributed by atoms with Crippen molar-refractivity contribution in [3.8, 4) is 0 Å². The summed E-state index contributed by atoms with van der Waals surface area (Å²) in [5, 5.41) is 2.04. The number of thiophene rings is 1. The second-order valence-corrected chi connectivity index (χ2v) is 8.01. The zero-order chi connectivity index (χ0) is 14.9. The van der Waals surface area contributed by atoms with Gasteiger partial charge in [0, 0.05) is 18.0 Å². The van der Waals surface area contributed by atoms with Gasteiger partial charge in [0.25, 0.3) is 0 Å². The summed E-state index contributed by atoms with van der Waals surface area (Å²) in [5.74, 6) is -0.269. The number of benzene rings is 1. The van der Waals surface area contributed by atoms with E-state index in [0.29, 0.717) is 19.0 Å². The van der Waals surface area contributed by atoms with Crippen LogP contribution in [0.4, 0.5) is 4.39 Å². The third kappa shape index (κ3) is 2.88. The average molecular weight is 325 g/mol. The fraction of sp³-hybridized carbons (Fsp3) is 0.333. The number of hydrogen-bond donors (Lipinski definition) is 0. The maximum Gasteiger partial charge on any atom is 0.245 e. The molecule has 2 heterocycles. The Labute approximate surface area is 128 Å². The minimum Gasteiger partial charge on any atom is -0.207 e. The summed E-state index contributed by atoms with van der Waals surface area (Å²) < 4.78 is 40.1. The lowest BCUT2D eigenvalue weighted by atomic mass is 9.97. The first-order chi connectivity index (χ1) is 10.1. The third-order valence-corrected chi connectivity index (χ3v) is 6.82. The second kappa shape index (κ2) is 5.87. The Morgan fingerprint density at radius 2 is 1.81 bits per heavy atom. The number of hydrogen-bond acceptors (Lipinski definition) is 3. The van der Waals surface area contributed by atoms with Gasteiger partial charge in [-0.05, 0) is 42.3 Å². The van der Waals surface area contributed by atoms with E-state index in [9.17, 15) is 12.8 Å². The van der Waals surface area contributed by atoms with Crippen molar-refractivity contribution in [2.75, 3.05) is 13.1 Å². The third-order valence-electron chi connectivity index (χ3n) is 3.85.